The Kier molecular flexibility index (Phi) is 5.42. The number of aromatic nitrogens is 2. The van der Waals surface area contributed by atoms with Gasteiger partial charge in [0.05, 0.1) is 18.4 Å². The molecule has 0 radical (unpaired) electrons. The molecule has 1 fully saturated rings. The Labute approximate surface area is 165 Å². The van der Waals surface area contributed by atoms with E-state index in [4.69, 9.17) is 9.84 Å². The number of benzene rings is 2. The van der Waals surface area contributed by atoms with E-state index >= 15 is 0 Å². The smallest absolute Gasteiger partial charge is 0.255 e. The first-order valence-electron chi connectivity index (χ1n) is 9.83. The van der Waals surface area contributed by atoms with Crippen molar-refractivity contribution in [2.24, 2.45) is 5.92 Å². The molecule has 3 aromatic rings. The molecular weight excluding hydrogens is 350 g/mol. The summed E-state index contributed by atoms with van der Waals surface area (Å²) in [5.41, 5.74) is 2.91. The second-order valence-corrected chi connectivity index (χ2v) is 7.23. The SMILES string of the molecule is COc1ccccc1-c1nn(-c2ccccc2)cc1C(=O)NCC1CCCC1. The van der Waals surface area contributed by atoms with Crippen LogP contribution in [-0.4, -0.2) is 29.3 Å². The maximum Gasteiger partial charge on any atom is 0.255 e. The Balaban J connectivity index is 1.70. The molecule has 4 rings (SSSR count). The van der Waals surface area contributed by atoms with E-state index in [-0.39, 0.29) is 5.91 Å². The van der Waals surface area contributed by atoms with Crippen LogP contribution in [0.2, 0.25) is 0 Å². The quantitative estimate of drug-likeness (QED) is 0.692. The van der Waals surface area contributed by atoms with Crippen molar-refractivity contribution in [3.05, 3.63) is 66.4 Å². The molecule has 1 amide bonds. The number of rotatable bonds is 6. The normalized spacial score (nSPS) is 14.2. The van der Waals surface area contributed by atoms with Gasteiger partial charge < -0.3 is 10.1 Å². The lowest BCUT2D eigenvalue weighted by Gasteiger charge is -2.11. The Morgan fingerprint density at radius 2 is 1.82 bits per heavy atom. The van der Waals surface area contributed by atoms with Gasteiger partial charge in [-0.15, -0.1) is 0 Å². The average molecular weight is 375 g/mol. The van der Waals surface area contributed by atoms with Gasteiger partial charge in [-0.25, -0.2) is 4.68 Å². The fourth-order valence-corrected chi connectivity index (χ4v) is 3.84. The lowest BCUT2D eigenvalue weighted by molar-refractivity contribution is 0.0948. The second-order valence-electron chi connectivity index (χ2n) is 7.23. The molecule has 1 aliphatic rings. The Morgan fingerprint density at radius 3 is 2.57 bits per heavy atom. The lowest BCUT2D eigenvalue weighted by atomic mass is 10.1. The van der Waals surface area contributed by atoms with Crippen molar-refractivity contribution in [2.75, 3.05) is 13.7 Å². The van der Waals surface area contributed by atoms with Gasteiger partial charge in [-0.3, -0.25) is 4.79 Å². The Bertz CT molecular complexity index is 943. The molecule has 5 heteroatoms. The summed E-state index contributed by atoms with van der Waals surface area (Å²) in [6.45, 7) is 0.723. The van der Waals surface area contributed by atoms with Gasteiger partial charge in [-0.1, -0.05) is 43.2 Å². The monoisotopic (exact) mass is 375 g/mol. The minimum atomic E-state index is -0.0880. The third kappa shape index (κ3) is 3.79. The highest BCUT2D eigenvalue weighted by molar-refractivity contribution is 6.00. The highest BCUT2D eigenvalue weighted by Crippen LogP contribution is 2.32. The second kappa shape index (κ2) is 8.30. The fourth-order valence-electron chi connectivity index (χ4n) is 3.84. The summed E-state index contributed by atoms with van der Waals surface area (Å²) in [6, 6.07) is 17.5. The van der Waals surface area contributed by atoms with Crippen LogP contribution in [0.3, 0.4) is 0 Å². The fraction of sp³-hybridized carbons (Fsp3) is 0.304. The third-order valence-corrected chi connectivity index (χ3v) is 5.37. The molecule has 0 aliphatic heterocycles. The van der Waals surface area contributed by atoms with Crippen LogP contribution in [0.15, 0.2) is 60.8 Å². The molecule has 1 aromatic heterocycles. The van der Waals surface area contributed by atoms with Crippen molar-refractivity contribution in [3.8, 4) is 22.7 Å². The zero-order valence-electron chi connectivity index (χ0n) is 16.1. The Hall–Kier alpha value is -3.08. The maximum atomic E-state index is 13.0. The molecule has 1 aliphatic carbocycles. The molecule has 0 unspecified atom stereocenters. The predicted molar refractivity (Wildman–Crippen MR) is 110 cm³/mol. The third-order valence-electron chi connectivity index (χ3n) is 5.37. The molecule has 0 atom stereocenters. The van der Waals surface area contributed by atoms with Crippen molar-refractivity contribution >= 4 is 5.91 Å². The minimum Gasteiger partial charge on any atom is -0.496 e. The zero-order chi connectivity index (χ0) is 19.3. The Morgan fingerprint density at radius 1 is 1.11 bits per heavy atom. The van der Waals surface area contributed by atoms with Crippen LogP contribution in [-0.2, 0) is 0 Å². The van der Waals surface area contributed by atoms with Crippen molar-refractivity contribution in [1.82, 2.24) is 15.1 Å². The number of nitrogens with zero attached hydrogens (tertiary/aromatic N) is 2. The number of methoxy groups -OCH3 is 1. The van der Waals surface area contributed by atoms with Gasteiger partial charge in [0.2, 0.25) is 0 Å². The zero-order valence-corrected chi connectivity index (χ0v) is 16.1. The van der Waals surface area contributed by atoms with E-state index < -0.39 is 0 Å². The van der Waals surface area contributed by atoms with Gasteiger partial charge in [0.15, 0.2) is 0 Å². The van der Waals surface area contributed by atoms with Crippen molar-refractivity contribution in [3.63, 3.8) is 0 Å². The highest BCUT2D eigenvalue weighted by atomic mass is 16.5. The molecule has 1 saturated carbocycles. The summed E-state index contributed by atoms with van der Waals surface area (Å²) < 4.78 is 7.27. The van der Waals surface area contributed by atoms with Crippen LogP contribution in [0.1, 0.15) is 36.0 Å². The molecule has 144 valence electrons. The topological polar surface area (TPSA) is 56.2 Å². The van der Waals surface area contributed by atoms with E-state index in [2.05, 4.69) is 5.32 Å². The standard InChI is InChI=1S/C23H25N3O2/c1-28-21-14-8-7-13-19(21)22-20(23(27)24-15-17-9-5-6-10-17)16-26(25-22)18-11-3-2-4-12-18/h2-4,7-8,11-14,16-17H,5-6,9-10,15H2,1H3,(H,24,27). The average Bonchev–Trinajstić information content (AvgIpc) is 3.43. The van der Waals surface area contributed by atoms with E-state index in [1.54, 1.807) is 18.0 Å². The summed E-state index contributed by atoms with van der Waals surface area (Å²) in [7, 11) is 1.63. The van der Waals surface area contributed by atoms with Gasteiger partial charge in [0.25, 0.3) is 5.91 Å². The van der Waals surface area contributed by atoms with E-state index in [0.29, 0.717) is 22.9 Å². The summed E-state index contributed by atoms with van der Waals surface area (Å²) >= 11 is 0. The summed E-state index contributed by atoms with van der Waals surface area (Å²) in [5.74, 6) is 1.20. The van der Waals surface area contributed by atoms with E-state index in [1.165, 1.54) is 25.7 Å². The predicted octanol–water partition coefficient (Wildman–Crippen LogP) is 4.47. The number of ether oxygens (including phenoxy) is 1. The van der Waals surface area contributed by atoms with Crippen LogP contribution in [0, 0.1) is 5.92 Å². The number of hydrogen-bond donors (Lipinski definition) is 1. The molecule has 0 saturated heterocycles. The highest BCUT2D eigenvalue weighted by Gasteiger charge is 2.22. The van der Waals surface area contributed by atoms with Crippen molar-refractivity contribution < 1.29 is 9.53 Å². The summed E-state index contributed by atoms with van der Waals surface area (Å²) in [6.07, 6.45) is 6.73. The number of hydrogen-bond acceptors (Lipinski definition) is 3. The molecule has 2 aromatic carbocycles. The van der Waals surface area contributed by atoms with E-state index in [1.807, 2.05) is 54.6 Å². The van der Waals surface area contributed by atoms with Gasteiger partial charge in [-0.2, -0.15) is 5.10 Å². The largest absolute Gasteiger partial charge is 0.496 e. The maximum absolute atomic E-state index is 13.0. The van der Waals surface area contributed by atoms with Crippen LogP contribution < -0.4 is 10.1 Å². The first-order valence-corrected chi connectivity index (χ1v) is 9.83. The number of nitrogens with one attached hydrogen (secondary N) is 1. The van der Waals surface area contributed by atoms with Crippen LogP contribution >= 0.6 is 0 Å². The van der Waals surface area contributed by atoms with Crippen molar-refractivity contribution in [2.45, 2.75) is 25.7 Å². The molecule has 28 heavy (non-hydrogen) atoms. The first kappa shape index (κ1) is 18.3. The number of carbonyl (C=O) groups excluding carboxylic acids is 1. The summed E-state index contributed by atoms with van der Waals surface area (Å²) in [4.78, 5) is 13.0. The minimum absolute atomic E-state index is 0.0880. The molecule has 1 N–H and O–H groups in total. The molecule has 1 heterocycles. The number of para-hydroxylation sites is 2. The van der Waals surface area contributed by atoms with Gasteiger partial charge in [0.1, 0.15) is 11.4 Å². The van der Waals surface area contributed by atoms with Crippen LogP contribution in [0.25, 0.3) is 16.9 Å². The molecule has 0 bridgehead atoms. The summed E-state index contributed by atoms with van der Waals surface area (Å²) in [5, 5.41) is 7.86. The van der Waals surface area contributed by atoms with Gasteiger partial charge in [0, 0.05) is 18.3 Å². The van der Waals surface area contributed by atoms with E-state index in [0.717, 1.165) is 17.8 Å². The first-order chi connectivity index (χ1) is 13.8. The molecule has 5 nitrogen and oxygen atoms in total. The lowest BCUT2D eigenvalue weighted by Crippen LogP contribution is -2.28. The van der Waals surface area contributed by atoms with Crippen LogP contribution in [0.5, 0.6) is 5.75 Å². The van der Waals surface area contributed by atoms with Crippen molar-refractivity contribution in [1.29, 1.82) is 0 Å². The van der Waals surface area contributed by atoms with Gasteiger partial charge in [-0.05, 0) is 43.0 Å². The number of amides is 1. The van der Waals surface area contributed by atoms with Crippen LogP contribution in [0.4, 0.5) is 0 Å². The number of carbonyl (C=O) groups is 1. The molecule has 0 spiro atoms. The van der Waals surface area contributed by atoms with Gasteiger partial charge >= 0.3 is 0 Å². The molecular formula is C23H25N3O2. The van der Waals surface area contributed by atoms with E-state index in [9.17, 15) is 4.79 Å².